The molecule has 0 aromatic rings. The smallest absolute Gasteiger partial charge is 0.0199 e. The molecule has 0 aromatic carbocycles. The second-order valence-corrected chi connectivity index (χ2v) is 6.78. The molecule has 3 unspecified atom stereocenters. The summed E-state index contributed by atoms with van der Waals surface area (Å²) in [4.78, 5) is 2.83. The monoisotopic (exact) mass is 242 g/mol. The van der Waals surface area contributed by atoms with Crippen LogP contribution in [0.1, 0.15) is 39.0 Å². The number of nitrogens with one attached hydrogen (secondary N) is 1. The maximum atomic E-state index is 3.30. The summed E-state index contributed by atoms with van der Waals surface area (Å²) in [5.74, 6) is 1.37. The summed E-state index contributed by atoms with van der Waals surface area (Å²) in [7, 11) is 2.07. The van der Waals surface area contributed by atoms with Crippen LogP contribution in [0.15, 0.2) is 0 Å². The van der Waals surface area contributed by atoms with Gasteiger partial charge in [-0.2, -0.15) is 11.8 Å². The van der Waals surface area contributed by atoms with Gasteiger partial charge in [-0.1, -0.05) is 13.3 Å². The lowest BCUT2D eigenvalue weighted by molar-refractivity contribution is 0.0984. The summed E-state index contributed by atoms with van der Waals surface area (Å²) in [5.41, 5.74) is 0. The van der Waals surface area contributed by atoms with Crippen LogP contribution >= 0.6 is 11.8 Å². The molecule has 3 heteroatoms. The molecule has 94 valence electrons. The molecule has 0 aromatic heterocycles. The first-order valence-electron chi connectivity index (χ1n) is 6.83. The van der Waals surface area contributed by atoms with Crippen molar-refractivity contribution in [2.75, 3.05) is 25.9 Å². The molecular formula is C13H26N2S. The van der Waals surface area contributed by atoms with E-state index in [0.717, 1.165) is 17.3 Å². The number of thioether (sulfide) groups is 1. The fourth-order valence-electron chi connectivity index (χ4n) is 3.15. The highest BCUT2D eigenvalue weighted by Gasteiger charge is 2.32. The van der Waals surface area contributed by atoms with Crippen LogP contribution in [0.5, 0.6) is 0 Å². The van der Waals surface area contributed by atoms with Crippen molar-refractivity contribution in [3.63, 3.8) is 0 Å². The normalized spacial score (nSPS) is 36.8. The maximum absolute atomic E-state index is 3.30. The summed E-state index contributed by atoms with van der Waals surface area (Å²) in [6.45, 7) is 4.92. The third-order valence-electron chi connectivity index (χ3n) is 4.05. The second kappa shape index (κ2) is 6.27. The van der Waals surface area contributed by atoms with Crippen molar-refractivity contribution in [2.24, 2.45) is 0 Å². The van der Waals surface area contributed by atoms with Gasteiger partial charge in [0.05, 0.1) is 0 Å². The quantitative estimate of drug-likeness (QED) is 0.814. The summed E-state index contributed by atoms with van der Waals surface area (Å²) in [6, 6.07) is 1.74. The minimum absolute atomic E-state index is 0.858. The van der Waals surface area contributed by atoms with Crippen LogP contribution in [0, 0.1) is 0 Å². The van der Waals surface area contributed by atoms with Crippen molar-refractivity contribution < 1.29 is 0 Å². The van der Waals surface area contributed by atoms with Gasteiger partial charge >= 0.3 is 0 Å². The van der Waals surface area contributed by atoms with Crippen LogP contribution < -0.4 is 5.32 Å². The van der Waals surface area contributed by atoms with Crippen molar-refractivity contribution >= 4 is 11.8 Å². The second-order valence-electron chi connectivity index (χ2n) is 5.31. The predicted octanol–water partition coefficient (Wildman–Crippen LogP) is 2.34. The van der Waals surface area contributed by atoms with Gasteiger partial charge in [0, 0.05) is 23.1 Å². The van der Waals surface area contributed by atoms with Crippen LogP contribution in [-0.4, -0.2) is 48.1 Å². The first-order valence-corrected chi connectivity index (χ1v) is 7.88. The van der Waals surface area contributed by atoms with Crippen molar-refractivity contribution in [3.05, 3.63) is 0 Å². The first-order chi connectivity index (χ1) is 7.81. The number of hydrogen-bond donors (Lipinski definition) is 1. The zero-order valence-electron chi connectivity index (χ0n) is 10.7. The average molecular weight is 242 g/mol. The summed E-state index contributed by atoms with van der Waals surface area (Å²) >= 11 is 2.17. The molecule has 2 saturated heterocycles. The fourth-order valence-corrected chi connectivity index (χ4v) is 4.39. The van der Waals surface area contributed by atoms with Gasteiger partial charge in [-0.05, 0) is 45.8 Å². The van der Waals surface area contributed by atoms with Crippen LogP contribution in [0.3, 0.4) is 0 Å². The molecule has 2 aliphatic rings. The van der Waals surface area contributed by atoms with E-state index in [2.05, 4.69) is 35.9 Å². The summed E-state index contributed by atoms with van der Waals surface area (Å²) < 4.78 is 0. The molecule has 2 fully saturated rings. The van der Waals surface area contributed by atoms with E-state index < -0.39 is 0 Å². The SMILES string of the molecule is CNCCC1CCCCN1C1CSC(C)C1. The van der Waals surface area contributed by atoms with Crippen LogP contribution in [0.2, 0.25) is 0 Å². The Hall–Kier alpha value is 0.270. The lowest BCUT2D eigenvalue weighted by Gasteiger charge is -2.40. The van der Waals surface area contributed by atoms with Gasteiger partial charge in [0.1, 0.15) is 0 Å². The number of rotatable bonds is 4. The molecule has 2 nitrogen and oxygen atoms in total. The molecule has 0 amide bonds. The van der Waals surface area contributed by atoms with E-state index in [-0.39, 0.29) is 0 Å². The van der Waals surface area contributed by atoms with Gasteiger partial charge in [-0.3, -0.25) is 4.90 Å². The maximum Gasteiger partial charge on any atom is 0.0199 e. The zero-order valence-corrected chi connectivity index (χ0v) is 11.6. The molecule has 2 rings (SSSR count). The van der Waals surface area contributed by atoms with E-state index in [1.807, 2.05) is 0 Å². The van der Waals surface area contributed by atoms with Crippen molar-refractivity contribution in [1.82, 2.24) is 10.2 Å². The van der Waals surface area contributed by atoms with Gasteiger partial charge in [-0.25, -0.2) is 0 Å². The Kier molecular flexibility index (Phi) is 4.98. The molecule has 2 heterocycles. The molecule has 3 atom stereocenters. The highest BCUT2D eigenvalue weighted by atomic mass is 32.2. The van der Waals surface area contributed by atoms with E-state index in [9.17, 15) is 0 Å². The molecule has 0 bridgehead atoms. The van der Waals surface area contributed by atoms with Gasteiger partial charge in [0.25, 0.3) is 0 Å². The molecule has 0 radical (unpaired) electrons. The van der Waals surface area contributed by atoms with Gasteiger partial charge in [-0.15, -0.1) is 0 Å². The van der Waals surface area contributed by atoms with E-state index in [0.29, 0.717) is 0 Å². The number of likely N-dealkylation sites (tertiary alicyclic amines) is 1. The molecule has 0 saturated carbocycles. The molecule has 16 heavy (non-hydrogen) atoms. The van der Waals surface area contributed by atoms with Gasteiger partial charge in [0.2, 0.25) is 0 Å². The topological polar surface area (TPSA) is 15.3 Å². The van der Waals surface area contributed by atoms with Crippen molar-refractivity contribution in [1.29, 1.82) is 0 Å². The Balaban J connectivity index is 1.88. The van der Waals surface area contributed by atoms with E-state index in [1.54, 1.807) is 0 Å². The standard InChI is InChI=1S/C13H26N2S/c1-11-9-13(10-16-11)15-8-4-3-5-12(15)6-7-14-2/h11-14H,3-10H2,1-2H3. The first kappa shape index (κ1) is 12.7. The third-order valence-corrected chi connectivity index (χ3v) is 5.39. The molecule has 1 N–H and O–H groups in total. The Morgan fingerprint density at radius 1 is 1.38 bits per heavy atom. The van der Waals surface area contributed by atoms with Crippen LogP contribution in [0.25, 0.3) is 0 Å². The van der Waals surface area contributed by atoms with Crippen LogP contribution in [-0.2, 0) is 0 Å². The molecule has 0 aliphatic carbocycles. The minimum atomic E-state index is 0.858. The summed E-state index contributed by atoms with van der Waals surface area (Å²) in [6.07, 6.45) is 7.05. The lowest BCUT2D eigenvalue weighted by Crippen LogP contribution is -2.47. The van der Waals surface area contributed by atoms with Gasteiger partial charge in [0.15, 0.2) is 0 Å². The number of hydrogen-bond acceptors (Lipinski definition) is 3. The third kappa shape index (κ3) is 3.14. The van der Waals surface area contributed by atoms with Crippen molar-refractivity contribution in [2.45, 2.75) is 56.4 Å². The molecular weight excluding hydrogens is 216 g/mol. The van der Waals surface area contributed by atoms with Gasteiger partial charge < -0.3 is 5.32 Å². The van der Waals surface area contributed by atoms with E-state index >= 15 is 0 Å². The zero-order chi connectivity index (χ0) is 11.4. The fraction of sp³-hybridized carbons (Fsp3) is 1.00. The molecule has 0 spiro atoms. The minimum Gasteiger partial charge on any atom is -0.320 e. The average Bonchev–Trinajstić information content (AvgIpc) is 2.73. The Morgan fingerprint density at radius 2 is 2.25 bits per heavy atom. The number of nitrogens with zero attached hydrogens (tertiary/aromatic N) is 1. The highest BCUT2D eigenvalue weighted by Crippen LogP contribution is 2.33. The van der Waals surface area contributed by atoms with Crippen molar-refractivity contribution in [3.8, 4) is 0 Å². The van der Waals surface area contributed by atoms with E-state index in [1.165, 1.54) is 50.9 Å². The largest absolute Gasteiger partial charge is 0.320 e. The Bertz CT molecular complexity index is 210. The summed E-state index contributed by atoms with van der Waals surface area (Å²) in [5, 5.41) is 4.19. The highest BCUT2D eigenvalue weighted by molar-refractivity contribution is 8.00. The molecule has 2 aliphatic heterocycles. The lowest BCUT2D eigenvalue weighted by atomic mass is 9.96. The van der Waals surface area contributed by atoms with Crippen LogP contribution in [0.4, 0.5) is 0 Å². The Morgan fingerprint density at radius 3 is 2.94 bits per heavy atom. The van der Waals surface area contributed by atoms with E-state index in [4.69, 9.17) is 0 Å². The Labute approximate surface area is 105 Å². The predicted molar refractivity (Wildman–Crippen MR) is 73.2 cm³/mol. The number of piperidine rings is 1.